The summed E-state index contributed by atoms with van der Waals surface area (Å²) in [5.41, 5.74) is 5.71. The van der Waals surface area contributed by atoms with Crippen LogP contribution < -0.4 is 11.1 Å². The van der Waals surface area contributed by atoms with Crippen molar-refractivity contribution < 1.29 is 9.59 Å². The molecule has 1 saturated carbocycles. The number of carbonyl (C=O) groups is 2. The van der Waals surface area contributed by atoms with Gasteiger partial charge in [-0.1, -0.05) is 0 Å². The van der Waals surface area contributed by atoms with E-state index in [1.165, 1.54) is 0 Å². The molecular formula is C13H25N3O2. The molecule has 3 N–H and O–H groups in total. The Kier molecular flexibility index (Phi) is 5.59. The van der Waals surface area contributed by atoms with E-state index < -0.39 is 0 Å². The van der Waals surface area contributed by atoms with Gasteiger partial charge in [0.2, 0.25) is 11.8 Å². The summed E-state index contributed by atoms with van der Waals surface area (Å²) < 4.78 is 0. The maximum Gasteiger partial charge on any atom is 0.224 e. The van der Waals surface area contributed by atoms with Gasteiger partial charge in [-0.15, -0.1) is 0 Å². The quantitative estimate of drug-likeness (QED) is 0.700. The van der Waals surface area contributed by atoms with E-state index in [0.29, 0.717) is 19.4 Å². The summed E-state index contributed by atoms with van der Waals surface area (Å²) >= 11 is 0. The number of nitrogens with two attached hydrogens (primary N) is 1. The fourth-order valence-electron chi connectivity index (χ4n) is 2.23. The van der Waals surface area contributed by atoms with Crippen LogP contribution in [-0.2, 0) is 9.59 Å². The number of carbonyl (C=O) groups excluding carboxylic acids is 2. The van der Waals surface area contributed by atoms with Gasteiger partial charge in [-0.05, 0) is 33.1 Å². The van der Waals surface area contributed by atoms with Gasteiger partial charge in [-0.3, -0.25) is 9.59 Å². The number of hydrogen-bond acceptors (Lipinski definition) is 3. The van der Waals surface area contributed by atoms with Crippen molar-refractivity contribution in [2.24, 2.45) is 5.73 Å². The molecule has 5 nitrogen and oxygen atoms in total. The first kappa shape index (κ1) is 15.0. The summed E-state index contributed by atoms with van der Waals surface area (Å²) in [5, 5.41) is 2.77. The van der Waals surface area contributed by atoms with E-state index in [1.54, 1.807) is 4.90 Å². The molecule has 18 heavy (non-hydrogen) atoms. The van der Waals surface area contributed by atoms with Crippen molar-refractivity contribution in [3.8, 4) is 0 Å². The lowest BCUT2D eigenvalue weighted by Gasteiger charge is -2.37. The van der Waals surface area contributed by atoms with Crippen LogP contribution in [0.15, 0.2) is 0 Å². The van der Waals surface area contributed by atoms with Crippen LogP contribution in [-0.4, -0.2) is 41.9 Å². The zero-order valence-corrected chi connectivity index (χ0v) is 11.5. The van der Waals surface area contributed by atoms with Crippen molar-refractivity contribution in [2.75, 3.05) is 19.6 Å². The molecule has 0 aromatic carbocycles. The molecule has 0 aliphatic heterocycles. The first-order valence-electron chi connectivity index (χ1n) is 6.84. The standard InChI is InChI=1S/C13H25N3O2/c1-3-16(4-2)12(18)6-9-15-11(17)10-13(14)7-5-8-13/h3-10,14H2,1-2H3,(H,15,17). The molecule has 104 valence electrons. The minimum absolute atomic E-state index is 0.0375. The largest absolute Gasteiger partial charge is 0.356 e. The molecule has 5 heteroatoms. The third-order valence-corrected chi connectivity index (χ3v) is 3.64. The number of nitrogens with zero attached hydrogens (tertiary/aromatic N) is 1. The van der Waals surface area contributed by atoms with Gasteiger partial charge in [0.05, 0.1) is 0 Å². The van der Waals surface area contributed by atoms with Crippen molar-refractivity contribution in [1.29, 1.82) is 0 Å². The fraction of sp³-hybridized carbons (Fsp3) is 0.846. The Hall–Kier alpha value is -1.10. The average molecular weight is 255 g/mol. The predicted molar refractivity (Wildman–Crippen MR) is 70.9 cm³/mol. The molecule has 1 aliphatic rings. The molecule has 0 radical (unpaired) electrons. The van der Waals surface area contributed by atoms with Crippen LogP contribution in [0.1, 0.15) is 46.0 Å². The maximum absolute atomic E-state index is 11.7. The smallest absolute Gasteiger partial charge is 0.224 e. The first-order chi connectivity index (χ1) is 8.50. The Morgan fingerprint density at radius 2 is 1.89 bits per heavy atom. The topological polar surface area (TPSA) is 75.4 Å². The average Bonchev–Trinajstić information content (AvgIpc) is 2.28. The van der Waals surface area contributed by atoms with Crippen LogP contribution in [0.5, 0.6) is 0 Å². The molecule has 0 bridgehead atoms. The second-order valence-electron chi connectivity index (χ2n) is 5.06. The highest BCUT2D eigenvalue weighted by atomic mass is 16.2. The number of hydrogen-bond donors (Lipinski definition) is 2. The monoisotopic (exact) mass is 255 g/mol. The normalized spacial score (nSPS) is 16.8. The zero-order chi connectivity index (χ0) is 13.6. The third-order valence-electron chi connectivity index (χ3n) is 3.64. The van der Waals surface area contributed by atoms with Crippen molar-refractivity contribution in [3.63, 3.8) is 0 Å². The predicted octanol–water partition coefficient (Wildman–Crippen LogP) is 0.633. The lowest BCUT2D eigenvalue weighted by molar-refractivity contribution is -0.130. The SMILES string of the molecule is CCN(CC)C(=O)CCNC(=O)CC1(N)CCC1. The number of rotatable bonds is 7. The molecule has 0 saturated heterocycles. The molecule has 0 spiro atoms. The fourth-order valence-corrected chi connectivity index (χ4v) is 2.23. The highest BCUT2D eigenvalue weighted by molar-refractivity contribution is 5.79. The Bertz CT molecular complexity index is 297. The van der Waals surface area contributed by atoms with Gasteiger partial charge in [0.1, 0.15) is 0 Å². The highest BCUT2D eigenvalue weighted by Crippen LogP contribution is 2.31. The van der Waals surface area contributed by atoms with Crippen LogP contribution in [0.4, 0.5) is 0 Å². The summed E-state index contributed by atoms with van der Waals surface area (Å²) in [5.74, 6) is 0.0518. The van der Waals surface area contributed by atoms with Crippen LogP contribution in [0, 0.1) is 0 Å². The van der Waals surface area contributed by atoms with Gasteiger partial charge in [0, 0.05) is 38.0 Å². The molecule has 0 aromatic heterocycles. The van der Waals surface area contributed by atoms with Crippen LogP contribution in [0.3, 0.4) is 0 Å². The molecule has 1 aliphatic carbocycles. The molecule has 0 unspecified atom stereocenters. The van der Waals surface area contributed by atoms with Crippen molar-refractivity contribution in [3.05, 3.63) is 0 Å². The van der Waals surface area contributed by atoms with Gasteiger partial charge in [0.15, 0.2) is 0 Å². The van der Waals surface area contributed by atoms with E-state index >= 15 is 0 Å². The van der Waals surface area contributed by atoms with Crippen LogP contribution in [0.25, 0.3) is 0 Å². The molecule has 0 aromatic rings. The van der Waals surface area contributed by atoms with E-state index in [1.807, 2.05) is 13.8 Å². The molecule has 1 fully saturated rings. The van der Waals surface area contributed by atoms with Crippen LogP contribution >= 0.6 is 0 Å². The molecule has 1 rings (SSSR count). The maximum atomic E-state index is 11.7. The van der Waals surface area contributed by atoms with E-state index in [9.17, 15) is 9.59 Å². The molecular weight excluding hydrogens is 230 g/mol. The van der Waals surface area contributed by atoms with Gasteiger partial charge in [0.25, 0.3) is 0 Å². The minimum atomic E-state index is -0.285. The summed E-state index contributed by atoms with van der Waals surface area (Å²) in [6.45, 7) is 5.75. The molecule has 2 amide bonds. The Balaban J connectivity index is 2.17. The van der Waals surface area contributed by atoms with Gasteiger partial charge in [-0.25, -0.2) is 0 Å². The second-order valence-corrected chi connectivity index (χ2v) is 5.06. The zero-order valence-electron chi connectivity index (χ0n) is 11.5. The number of nitrogens with one attached hydrogen (secondary N) is 1. The van der Waals surface area contributed by atoms with Crippen molar-refractivity contribution in [2.45, 2.75) is 51.5 Å². The Morgan fingerprint density at radius 1 is 1.28 bits per heavy atom. The summed E-state index contributed by atoms with van der Waals surface area (Å²) in [6.07, 6.45) is 3.72. The lowest BCUT2D eigenvalue weighted by Crippen LogP contribution is -2.50. The number of amides is 2. The lowest BCUT2D eigenvalue weighted by atomic mass is 9.75. The van der Waals surface area contributed by atoms with Crippen molar-refractivity contribution >= 4 is 11.8 Å². The minimum Gasteiger partial charge on any atom is -0.356 e. The van der Waals surface area contributed by atoms with E-state index in [0.717, 1.165) is 32.4 Å². The van der Waals surface area contributed by atoms with E-state index in [2.05, 4.69) is 5.32 Å². The van der Waals surface area contributed by atoms with E-state index in [-0.39, 0.29) is 17.4 Å². The Morgan fingerprint density at radius 3 is 2.33 bits per heavy atom. The summed E-state index contributed by atoms with van der Waals surface area (Å²) in [4.78, 5) is 25.1. The second kappa shape index (κ2) is 6.73. The van der Waals surface area contributed by atoms with Crippen molar-refractivity contribution in [1.82, 2.24) is 10.2 Å². The summed E-state index contributed by atoms with van der Waals surface area (Å²) in [6, 6.07) is 0. The first-order valence-corrected chi connectivity index (χ1v) is 6.84. The van der Waals surface area contributed by atoms with Crippen LogP contribution in [0.2, 0.25) is 0 Å². The molecule has 0 heterocycles. The molecule has 0 atom stereocenters. The Labute approximate surface area is 109 Å². The third kappa shape index (κ3) is 4.29. The van der Waals surface area contributed by atoms with Gasteiger partial charge < -0.3 is 16.0 Å². The highest BCUT2D eigenvalue weighted by Gasteiger charge is 2.34. The van der Waals surface area contributed by atoms with Gasteiger partial charge >= 0.3 is 0 Å². The van der Waals surface area contributed by atoms with Gasteiger partial charge in [-0.2, -0.15) is 0 Å². The van der Waals surface area contributed by atoms with E-state index in [4.69, 9.17) is 5.73 Å². The summed E-state index contributed by atoms with van der Waals surface area (Å²) in [7, 11) is 0.